The van der Waals surface area contributed by atoms with Gasteiger partial charge in [0.05, 0.1) is 10.0 Å². The number of hydrogen-bond acceptors (Lipinski definition) is 6. The summed E-state index contributed by atoms with van der Waals surface area (Å²) >= 11 is 16.6. The topological polar surface area (TPSA) is 154 Å². The van der Waals surface area contributed by atoms with Gasteiger partial charge in [0.1, 0.15) is 9.79 Å². The number of primary sulfonamides is 2. The Morgan fingerprint density at radius 2 is 0.796 bits per heavy atom. The lowest BCUT2D eigenvalue weighted by Crippen LogP contribution is -2.14. The molecule has 0 unspecified atom stereocenters. The molecule has 0 amide bonds. The summed E-state index contributed by atoms with van der Waals surface area (Å²) in [4.78, 5) is 22.8. The van der Waals surface area contributed by atoms with Crippen molar-refractivity contribution in [3.05, 3.63) is 154 Å². The first kappa shape index (κ1) is 41.0. The van der Waals surface area contributed by atoms with Crippen LogP contribution in [0.2, 0.25) is 10.0 Å². The Balaban J connectivity index is 0.000000274. The van der Waals surface area contributed by atoms with Gasteiger partial charge in [-0.1, -0.05) is 123 Å². The van der Waals surface area contributed by atoms with Crippen LogP contribution in [0.3, 0.4) is 0 Å². The summed E-state index contributed by atoms with van der Waals surface area (Å²) in [6, 6.07) is 37.3. The summed E-state index contributed by atoms with van der Waals surface area (Å²) in [6.45, 7) is 0. The van der Waals surface area contributed by atoms with Crippen molar-refractivity contribution in [2.45, 2.75) is 24.6 Å². The largest absolute Gasteiger partial charge is 0.289 e. The van der Waals surface area contributed by atoms with E-state index in [9.17, 15) is 26.4 Å². The standard InChI is InChI=1S/C17H12ClNO3S.C10H8.C7H5Cl2NO3S.2CH4/c18-15-8-7-14(10-16(15)23(19,21)22)17(20)13-6-5-11-3-1-2-4-12(11)9-13;1-2-6-10-8-4-3-7-9(10)5-1;8-5-2-1-4(7(9)11)3-6(5)14(10,12)13;;/h1-10H,(H2,19,21,22);1-8H;1-3H,(H2,10,12,13);2*1H4. The first-order valence-electron chi connectivity index (χ1n) is 13.5. The minimum Gasteiger partial charge on any atom is -0.289 e. The molecule has 0 spiro atoms. The van der Waals surface area contributed by atoms with Crippen LogP contribution in [0.4, 0.5) is 0 Å². The molecule has 0 aliphatic rings. The van der Waals surface area contributed by atoms with E-state index in [-0.39, 0.29) is 51.6 Å². The van der Waals surface area contributed by atoms with Crippen LogP contribution in [-0.2, 0) is 20.0 Å². The van der Waals surface area contributed by atoms with Crippen LogP contribution in [0.15, 0.2) is 137 Å². The van der Waals surface area contributed by atoms with E-state index in [0.717, 1.165) is 16.8 Å². The first-order chi connectivity index (χ1) is 22.1. The van der Waals surface area contributed by atoms with Gasteiger partial charge >= 0.3 is 0 Å². The van der Waals surface area contributed by atoms with Crippen LogP contribution in [0, 0.1) is 0 Å². The maximum atomic E-state index is 12.6. The minimum absolute atomic E-state index is 0. The highest BCUT2D eigenvalue weighted by Gasteiger charge is 2.18. The van der Waals surface area contributed by atoms with Crippen molar-refractivity contribution < 1.29 is 26.4 Å². The van der Waals surface area contributed by atoms with E-state index in [4.69, 9.17) is 45.1 Å². The van der Waals surface area contributed by atoms with E-state index in [0.29, 0.717) is 5.56 Å². The molecule has 0 atom stereocenters. The highest BCUT2D eigenvalue weighted by atomic mass is 35.5. The molecule has 6 rings (SSSR count). The van der Waals surface area contributed by atoms with Crippen molar-refractivity contribution in [1.82, 2.24) is 0 Å². The molecule has 8 nitrogen and oxygen atoms in total. The molecular formula is C36H33Cl3N2O6S2. The molecule has 256 valence electrons. The maximum Gasteiger partial charge on any atom is 0.252 e. The Kier molecular flexibility index (Phi) is 14.7. The van der Waals surface area contributed by atoms with Crippen molar-refractivity contribution in [1.29, 1.82) is 0 Å². The van der Waals surface area contributed by atoms with E-state index in [1.807, 2.05) is 30.3 Å². The molecular weight excluding hydrogens is 727 g/mol. The van der Waals surface area contributed by atoms with Crippen LogP contribution >= 0.6 is 34.8 Å². The lowest BCUT2D eigenvalue weighted by molar-refractivity contribution is 0.103. The number of benzene rings is 6. The fourth-order valence-corrected chi connectivity index (χ4v) is 6.60. The Morgan fingerprint density at radius 3 is 1.20 bits per heavy atom. The molecule has 6 aromatic rings. The van der Waals surface area contributed by atoms with Crippen molar-refractivity contribution >= 4 is 87.4 Å². The number of halogens is 3. The Labute approximate surface area is 301 Å². The van der Waals surface area contributed by atoms with Gasteiger partial charge in [0.2, 0.25) is 20.0 Å². The predicted octanol–water partition coefficient (Wildman–Crippen LogP) is 8.85. The maximum absolute atomic E-state index is 12.6. The van der Waals surface area contributed by atoms with Crippen LogP contribution in [0.25, 0.3) is 21.5 Å². The molecule has 0 aliphatic carbocycles. The fraction of sp³-hybridized carbons (Fsp3) is 0.0556. The van der Waals surface area contributed by atoms with Crippen LogP contribution in [0.1, 0.15) is 41.1 Å². The van der Waals surface area contributed by atoms with Gasteiger partial charge in [-0.05, 0) is 75.6 Å². The number of hydrogen-bond donors (Lipinski definition) is 2. The Morgan fingerprint density at radius 1 is 0.469 bits per heavy atom. The van der Waals surface area contributed by atoms with Gasteiger partial charge in [0.25, 0.3) is 5.24 Å². The molecule has 6 aromatic carbocycles. The molecule has 0 saturated carbocycles. The second-order valence-corrected chi connectivity index (χ2v) is 14.1. The molecule has 49 heavy (non-hydrogen) atoms. The van der Waals surface area contributed by atoms with Crippen LogP contribution in [0.5, 0.6) is 0 Å². The van der Waals surface area contributed by atoms with E-state index in [1.54, 1.807) is 12.1 Å². The van der Waals surface area contributed by atoms with Gasteiger partial charge in [-0.15, -0.1) is 0 Å². The first-order valence-corrected chi connectivity index (χ1v) is 17.7. The average molecular weight is 760 g/mol. The molecule has 0 heterocycles. The summed E-state index contributed by atoms with van der Waals surface area (Å²) in [5, 5.41) is 13.7. The third kappa shape index (κ3) is 10.9. The van der Waals surface area contributed by atoms with Crippen molar-refractivity contribution in [2.24, 2.45) is 10.3 Å². The van der Waals surface area contributed by atoms with Gasteiger partial charge < -0.3 is 0 Å². The Bertz CT molecular complexity index is 2280. The van der Waals surface area contributed by atoms with Crippen molar-refractivity contribution in [3.8, 4) is 0 Å². The van der Waals surface area contributed by atoms with E-state index >= 15 is 0 Å². The molecule has 0 aromatic heterocycles. The molecule has 0 fully saturated rings. The van der Waals surface area contributed by atoms with Gasteiger partial charge in [0, 0.05) is 16.7 Å². The lowest BCUT2D eigenvalue weighted by atomic mass is 10.00. The third-order valence-electron chi connectivity index (χ3n) is 6.63. The highest BCUT2D eigenvalue weighted by molar-refractivity contribution is 7.89. The second kappa shape index (κ2) is 17.5. The van der Waals surface area contributed by atoms with Gasteiger partial charge in [-0.3, -0.25) is 9.59 Å². The smallest absolute Gasteiger partial charge is 0.252 e. The van der Waals surface area contributed by atoms with Crippen molar-refractivity contribution in [3.63, 3.8) is 0 Å². The lowest BCUT2D eigenvalue weighted by Gasteiger charge is -2.07. The quantitative estimate of drug-likeness (QED) is 0.132. The number of carbonyl (C=O) groups is 2. The summed E-state index contributed by atoms with van der Waals surface area (Å²) < 4.78 is 45.0. The predicted molar refractivity (Wildman–Crippen MR) is 201 cm³/mol. The summed E-state index contributed by atoms with van der Waals surface area (Å²) in [5.41, 5.74) is 0.709. The van der Waals surface area contributed by atoms with Crippen molar-refractivity contribution in [2.75, 3.05) is 0 Å². The number of carbonyl (C=O) groups excluding carboxylic acids is 2. The normalized spacial score (nSPS) is 10.7. The molecule has 0 radical (unpaired) electrons. The average Bonchev–Trinajstić information content (AvgIpc) is 3.04. The Hall–Kier alpha value is -4.13. The zero-order chi connectivity index (χ0) is 34.4. The zero-order valence-corrected chi connectivity index (χ0v) is 28.1. The van der Waals surface area contributed by atoms with Crippen LogP contribution in [-0.4, -0.2) is 27.9 Å². The third-order valence-corrected chi connectivity index (χ3v) is 9.64. The number of nitrogens with two attached hydrogens (primary N) is 2. The fourth-order valence-electron chi connectivity index (χ4n) is 4.34. The van der Waals surface area contributed by atoms with Gasteiger partial charge in [-0.2, -0.15) is 0 Å². The molecule has 0 saturated heterocycles. The number of sulfonamides is 2. The summed E-state index contributed by atoms with van der Waals surface area (Å²) in [5.74, 6) is -0.294. The summed E-state index contributed by atoms with van der Waals surface area (Å²) in [7, 11) is -7.92. The second-order valence-electron chi connectivity index (χ2n) is 9.89. The van der Waals surface area contributed by atoms with Gasteiger partial charge in [0.15, 0.2) is 5.78 Å². The SMILES string of the molecule is C.C.NS(=O)(=O)c1cc(C(=O)Cl)ccc1Cl.NS(=O)(=O)c1cc(C(=O)c2ccc3ccccc3c2)ccc1Cl.c1ccc2ccccc2c1. The van der Waals surface area contributed by atoms with E-state index < -0.39 is 25.3 Å². The van der Waals surface area contributed by atoms with E-state index in [2.05, 4.69) is 48.5 Å². The highest BCUT2D eigenvalue weighted by Crippen LogP contribution is 2.25. The number of fused-ring (bicyclic) bond motifs is 2. The minimum atomic E-state index is -3.99. The summed E-state index contributed by atoms with van der Waals surface area (Å²) in [6.07, 6.45) is 0. The molecule has 0 bridgehead atoms. The zero-order valence-electron chi connectivity index (χ0n) is 24.2. The molecule has 13 heteroatoms. The van der Waals surface area contributed by atoms with E-state index in [1.165, 1.54) is 41.1 Å². The monoisotopic (exact) mass is 758 g/mol. The number of rotatable bonds is 5. The van der Waals surface area contributed by atoms with Crippen LogP contribution < -0.4 is 10.3 Å². The number of ketones is 1. The molecule has 0 aliphatic heterocycles. The molecule has 4 N–H and O–H groups in total. The van der Waals surface area contributed by atoms with Gasteiger partial charge in [-0.25, -0.2) is 27.1 Å².